The number of ether oxygens (including phenoxy) is 2. The summed E-state index contributed by atoms with van der Waals surface area (Å²) in [6.07, 6.45) is 0. The Hall–Kier alpha value is -2.42. The molecule has 2 aliphatic rings. The number of hydrogen-bond donors (Lipinski definition) is 2. The van der Waals surface area contributed by atoms with Crippen LogP contribution in [0.15, 0.2) is 42.5 Å². The maximum Gasteiger partial charge on any atom is 0.319 e. The highest BCUT2D eigenvalue weighted by Gasteiger charge is 2.13. The molecule has 0 saturated carbocycles. The zero-order valence-corrected chi connectivity index (χ0v) is 20.2. The lowest BCUT2D eigenvalue weighted by atomic mass is 10.1. The van der Waals surface area contributed by atoms with Crippen molar-refractivity contribution in [2.75, 3.05) is 74.3 Å². The standard InChI is InChI=1S/C25H34N4O3S/c1-20-17-22(29-10-15-33-16-11-29)5-6-24(20)27-25(30)26-19-21-3-2-4-23(18-21)32-14-9-28-7-12-31-13-8-28/h2-6,17-18H,7-16,19H2,1H3,(H2,26,27,30). The summed E-state index contributed by atoms with van der Waals surface area (Å²) in [5, 5.41) is 5.92. The largest absolute Gasteiger partial charge is 0.492 e. The van der Waals surface area contributed by atoms with Gasteiger partial charge in [0.15, 0.2) is 0 Å². The second kappa shape index (κ2) is 12.2. The third kappa shape index (κ3) is 7.28. The third-order valence-electron chi connectivity index (χ3n) is 5.97. The number of aryl methyl sites for hydroxylation is 1. The maximum absolute atomic E-state index is 12.5. The minimum absolute atomic E-state index is 0.209. The number of hydrogen-bond acceptors (Lipinski definition) is 6. The Balaban J connectivity index is 1.22. The summed E-state index contributed by atoms with van der Waals surface area (Å²) in [5.74, 6) is 3.16. The predicted octanol–water partition coefficient (Wildman–Crippen LogP) is 3.58. The first-order valence-electron chi connectivity index (χ1n) is 11.7. The van der Waals surface area contributed by atoms with E-state index in [0.717, 1.165) is 68.5 Å². The van der Waals surface area contributed by atoms with Crippen molar-refractivity contribution < 1.29 is 14.3 Å². The number of nitrogens with zero attached hydrogens (tertiary/aromatic N) is 2. The van der Waals surface area contributed by atoms with Crippen molar-refractivity contribution >= 4 is 29.2 Å². The minimum Gasteiger partial charge on any atom is -0.492 e. The van der Waals surface area contributed by atoms with Crippen LogP contribution in [-0.4, -0.2) is 75.0 Å². The van der Waals surface area contributed by atoms with Crippen molar-refractivity contribution in [3.63, 3.8) is 0 Å². The summed E-state index contributed by atoms with van der Waals surface area (Å²) in [6.45, 7) is 9.68. The van der Waals surface area contributed by atoms with Gasteiger partial charge in [-0.25, -0.2) is 4.79 Å². The number of amides is 2. The summed E-state index contributed by atoms with van der Waals surface area (Å²) >= 11 is 2.00. The molecule has 4 rings (SSSR count). The van der Waals surface area contributed by atoms with Crippen molar-refractivity contribution in [1.29, 1.82) is 0 Å². The van der Waals surface area contributed by atoms with E-state index in [2.05, 4.69) is 32.6 Å². The van der Waals surface area contributed by atoms with Crippen molar-refractivity contribution in [2.24, 2.45) is 0 Å². The van der Waals surface area contributed by atoms with Crippen molar-refractivity contribution in [3.05, 3.63) is 53.6 Å². The highest BCUT2D eigenvalue weighted by atomic mass is 32.2. The lowest BCUT2D eigenvalue weighted by Crippen LogP contribution is -2.38. The first-order valence-corrected chi connectivity index (χ1v) is 12.8. The lowest BCUT2D eigenvalue weighted by molar-refractivity contribution is 0.0322. The molecule has 7 nitrogen and oxygen atoms in total. The van der Waals surface area contributed by atoms with E-state index >= 15 is 0 Å². The van der Waals surface area contributed by atoms with Crippen molar-refractivity contribution in [2.45, 2.75) is 13.5 Å². The number of urea groups is 1. The molecule has 33 heavy (non-hydrogen) atoms. The SMILES string of the molecule is Cc1cc(N2CCSCC2)ccc1NC(=O)NCc1cccc(OCCN2CCOCC2)c1. The van der Waals surface area contributed by atoms with Crippen LogP contribution in [0, 0.1) is 6.92 Å². The summed E-state index contributed by atoms with van der Waals surface area (Å²) in [5.41, 5.74) is 4.13. The van der Waals surface area contributed by atoms with Crippen LogP contribution in [0.2, 0.25) is 0 Å². The zero-order valence-electron chi connectivity index (χ0n) is 19.3. The Morgan fingerprint density at radius 2 is 1.91 bits per heavy atom. The Kier molecular flexibility index (Phi) is 8.74. The van der Waals surface area contributed by atoms with E-state index in [-0.39, 0.29) is 6.03 Å². The molecular formula is C25H34N4O3S. The summed E-state index contributed by atoms with van der Waals surface area (Å²) in [7, 11) is 0. The number of anilines is 2. The number of carbonyl (C=O) groups excluding carboxylic acids is 1. The van der Waals surface area contributed by atoms with Gasteiger partial charge in [0.25, 0.3) is 0 Å². The molecule has 0 aliphatic carbocycles. The van der Waals surface area contributed by atoms with Gasteiger partial charge in [-0.3, -0.25) is 4.90 Å². The number of benzene rings is 2. The van der Waals surface area contributed by atoms with Crippen LogP contribution in [0.4, 0.5) is 16.2 Å². The van der Waals surface area contributed by atoms with Gasteiger partial charge >= 0.3 is 6.03 Å². The number of thioether (sulfide) groups is 1. The topological polar surface area (TPSA) is 66.1 Å². The van der Waals surface area contributed by atoms with Gasteiger partial charge < -0.3 is 25.0 Å². The van der Waals surface area contributed by atoms with Gasteiger partial charge in [0, 0.05) is 62.1 Å². The lowest BCUT2D eigenvalue weighted by Gasteiger charge is -2.29. The molecule has 0 unspecified atom stereocenters. The molecular weight excluding hydrogens is 436 g/mol. The molecule has 2 heterocycles. The van der Waals surface area contributed by atoms with Crippen LogP contribution in [-0.2, 0) is 11.3 Å². The van der Waals surface area contributed by atoms with E-state index in [1.807, 2.05) is 49.0 Å². The Labute approximate surface area is 200 Å². The highest BCUT2D eigenvalue weighted by Crippen LogP contribution is 2.25. The van der Waals surface area contributed by atoms with Crippen molar-refractivity contribution in [3.8, 4) is 5.75 Å². The van der Waals surface area contributed by atoms with Crippen LogP contribution in [0.3, 0.4) is 0 Å². The molecule has 2 saturated heterocycles. The molecule has 0 atom stereocenters. The third-order valence-corrected chi connectivity index (χ3v) is 6.91. The molecule has 2 aromatic carbocycles. The van der Waals surface area contributed by atoms with E-state index in [1.165, 1.54) is 17.2 Å². The van der Waals surface area contributed by atoms with Crippen LogP contribution in [0.5, 0.6) is 5.75 Å². The molecule has 8 heteroatoms. The fraction of sp³-hybridized carbons (Fsp3) is 0.480. The Bertz CT molecular complexity index is 914. The first kappa shape index (κ1) is 23.7. The fourth-order valence-corrected chi connectivity index (χ4v) is 4.92. The first-order chi connectivity index (χ1) is 16.2. The molecule has 0 spiro atoms. The minimum atomic E-state index is -0.209. The smallest absolute Gasteiger partial charge is 0.319 e. The molecule has 2 aliphatic heterocycles. The monoisotopic (exact) mass is 470 g/mol. The summed E-state index contributed by atoms with van der Waals surface area (Å²) < 4.78 is 11.3. The maximum atomic E-state index is 12.5. The van der Waals surface area contributed by atoms with Gasteiger partial charge in [-0.2, -0.15) is 11.8 Å². The number of morpholine rings is 1. The van der Waals surface area contributed by atoms with Gasteiger partial charge in [0.1, 0.15) is 12.4 Å². The molecule has 0 radical (unpaired) electrons. The molecule has 0 bridgehead atoms. The average molecular weight is 471 g/mol. The van der Waals surface area contributed by atoms with E-state index in [1.54, 1.807) is 0 Å². The van der Waals surface area contributed by atoms with E-state index in [0.29, 0.717) is 13.2 Å². The zero-order chi connectivity index (χ0) is 22.9. The van der Waals surface area contributed by atoms with Gasteiger partial charge in [0.05, 0.1) is 13.2 Å². The van der Waals surface area contributed by atoms with Crippen LogP contribution >= 0.6 is 11.8 Å². The number of nitrogens with one attached hydrogen (secondary N) is 2. The predicted molar refractivity (Wildman–Crippen MR) is 136 cm³/mol. The quantitative estimate of drug-likeness (QED) is 0.615. The van der Waals surface area contributed by atoms with Crippen LogP contribution in [0.1, 0.15) is 11.1 Å². The number of carbonyl (C=O) groups is 1. The second-order valence-electron chi connectivity index (χ2n) is 8.36. The van der Waals surface area contributed by atoms with Gasteiger partial charge in [-0.15, -0.1) is 0 Å². The fourth-order valence-electron chi connectivity index (χ4n) is 4.02. The van der Waals surface area contributed by atoms with Gasteiger partial charge in [-0.05, 0) is 48.4 Å². The normalized spacial score (nSPS) is 16.9. The van der Waals surface area contributed by atoms with Crippen LogP contribution < -0.4 is 20.3 Å². The molecule has 2 N–H and O–H groups in total. The molecule has 2 fully saturated rings. The summed E-state index contributed by atoms with van der Waals surface area (Å²) in [6, 6.07) is 13.9. The molecule has 2 aromatic rings. The van der Waals surface area contributed by atoms with Crippen molar-refractivity contribution in [1.82, 2.24) is 10.2 Å². The van der Waals surface area contributed by atoms with E-state index < -0.39 is 0 Å². The highest BCUT2D eigenvalue weighted by molar-refractivity contribution is 7.99. The molecule has 0 aromatic heterocycles. The van der Waals surface area contributed by atoms with Gasteiger partial charge in [0.2, 0.25) is 0 Å². The van der Waals surface area contributed by atoms with E-state index in [9.17, 15) is 4.79 Å². The Morgan fingerprint density at radius 3 is 2.70 bits per heavy atom. The molecule has 2 amide bonds. The van der Waals surface area contributed by atoms with Crippen LogP contribution in [0.25, 0.3) is 0 Å². The summed E-state index contributed by atoms with van der Waals surface area (Å²) in [4.78, 5) is 17.2. The average Bonchev–Trinajstić information content (AvgIpc) is 2.85. The van der Waals surface area contributed by atoms with Gasteiger partial charge in [-0.1, -0.05) is 12.1 Å². The van der Waals surface area contributed by atoms with E-state index in [4.69, 9.17) is 9.47 Å². The Morgan fingerprint density at radius 1 is 1.09 bits per heavy atom. The number of rotatable bonds is 8. The molecule has 178 valence electrons. The second-order valence-corrected chi connectivity index (χ2v) is 9.58.